The van der Waals surface area contributed by atoms with Gasteiger partial charge in [0.25, 0.3) is 0 Å². The fourth-order valence-corrected chi connectivity index (χ4v) is 3.72. The molecule has 2 unspecified atom stereocenters. The lowest BCUT2D eigenvalue weighted by atomic mass is 10.2. The van der Waals surface area contributed by atoms with E-state index in [1.165, 1.54) is 6.20 Å². The first-order valence-corrected chi connectivity index (χ1v) is 9.30. The third-order valence-electron chi connectivity index (χ3n) is 3.75. The summed E-state index contributed by atoms with van der Waals surface area (Å²) in [5.41, 5.74) is 0. The smallest absolute Gasteiger partial charge is 0.243 e. The van der Waals surface area contributed by atoms with Crippen LogP contribution in [0.2, 0.25) is 0 Å². The fraction of sp³-hybridized carbons (Fsp3) is 0.786. The fourth-order valence-electron chi connectivity index (χ4n) is 2.45. The number of aromatic nitrogens is 2. The summed E-state index contributed by atoms with van der Waals surface area (Å²) in [5.74, 6) is 0.512. The predicted octanol–water partition coefficient (Wildman–Crippen LogP) is 1.35. The van der Waals surface area contributed by atoms with E-state index in [2.05, 4.69) is 29.0 Å². The van der Waals surface area contributed by atoms with Crippen molar-refractivity contribution in [3.63, 3.8) is 0 Å². The average molecular weight is 314 g/mol. The van der Waals surface area contributed by atoms with Crippen LogP contribution in [0, 0.1) is 5.92 Å². The highest BCUT2D eigenvalue weighted by Gasteiger charge is 2.39. The Kier molecular flexibility index (Phi) is 5.78. The minimum Gasteiger partial charge on any atom is -0.315 e. The summed E-state index contributed by atoms with van der Waals surface area (Å²) in [5, 5.41) is 7.39. The normalized spacial score (nSPS) is 21.6. The molecule has 120 valence electrons. The molecule has 1 saturated carbocycles. The van der Waals surface area contributed by atoms with E-state index in [4.69, 9.17) is 0 Å². The Balaban J connectivity index is 1.85. The van der Waals surface area contributed by atoms with E-state index < -0.39 is 10.0 Å². The van der Waals surface area contributed by atoms with Crippen LogP contribution in [0.3, 0.4) is 0 Å². The molecule has 0 aliphatic heterocycles. The number of hydrogen-bond donors (Lipinski definition) is 2. The second kappa shape index (κ2) is 7.38. The largest absolute Gasteiger partial charge is 0.315 e. The van der Waals surface area contributed by atoms with Crippen LogP contribution < -0.4 is 10.0 Å². The lowest BCUT2D eigenvalue weighted by molar-refractivity contribution is 0.551. The van der Waals surface area contributed by atoms with Crippen LogP contribution in [0.4, 0.5) is 0 Å². The number of nitrogens with zero attached hydrogens (tertiary/aromatic N) is 2. The molecule has 2 atom stereocenters. The van der Waals surface area contributed by atoms with Gasteiger partial charge in [-0.05, 0) is 31.7 Å². The van der Waals surface area contributed by atoms with Gasteiger partial charge in [-0.2, -0.15) is 5.10 Å². The molecule has 1 aliphatic rings. The summed E-state index contributed by atoms with van der Waals surface area (Å²) < 4.78 is 28.9. The van der Waals surface area contributed by atoms with Crippen molar-refractivity contribution < 1.29 is 8.42 Å². The van der Waals surface area contributed by atoms with Crippen LogP contribution in [0.25, 0.3) is 0 Å². The predicted molar refractivity (Wildman–Crippen MR) is 82.5 cm³/mol. The molecule has 1 aromatic rings. The van der Waals surface area contributed by atoms with Gasteiger partial charge in [0.15, 0.2) is 0 Å². The summed E-state index contributed by atoms with van der Waals surface area (Å²) in [6.07, 6.45) is 7.28. The van der Waals surface area contributed by atoms with Crippen molar-refractivity contribution >= 4 is 10.0 Å². The van der Waals surface area contributed by atoms with Crippen LogP contribution in [-0.2, 0) is 16.6 Å². The third kappa shape index (κ3) is 4.79. The van der Waals surface area contributed by atoms with Gasteiger partial charge in [-0.25, -0.2) is 13.1 Å². The van der Waals surface area contributed by atoms with Crippen molar-refractivity contribution in [3.05, 3.63) is 12.4 Å². The Hall–Kier alpha value is -0.920. The van der Waals surface area contributed by atoms with Crippen LogP contribution >= 0.6 is 0 Å². The van der Waals surface area contributed by atoms with Crippen molar-refractivity contribution in [2.24, 2.45) is 5.92 Å². The monoisotopic (exact) mass is 314 g/mol. The second-order valence-electron chi connectivity index (χ2n) is 5.70. The van der Waals surface area contributed by atoms with E-state index in [0.717, 1.165) is 38.8 Å². The van der Waals surface area contributed by atoms with Crippen LogP contribution in [0.15, 0.2) is 17.3 Å². The van der Waals surface area contributed by atoms with Crippen LogP contribution in [0.5, 0.6) is 0 Å². The Labute approximate surface area is 127 Å². The first-order chi connectivity index (χ1) is 10.1. The van der Waals surface area contributed by atoms with Gasteiger partial charge < -0.3 is 5.32 Å². The van der Waals surface area contributed by atoms with Crippen molar-refractivity contribution in [3.8, 4) is 0 Å². The maximum Gasteiger partial charge on any atom is 0.243 e. The maximum atomic E-state index is 12.2. The zero-order chi connectivity index (χ0) is 15.3. The summed E-state index contributed by atoms with van der Waals surface area (Å²) in [4.78, 5) is 0.264. The van der Waals surface area contributed by atoms with E-state index in [-0.39, 0.29) is 10.9 Å². The molecule has 0 amide bonds. The molecule has 2 rings (SSSR count). The number of rotatable bonds is 10. The molecule has 0 radical (unpaired) electrons. The number of sulfonamides is 1. The average Bonchev–Trinajstić information content (AvgIpc) is 2.98. The van der Waals surface area contributed by atoms with Crippen LogP contribution in [0.1, 0.15) is 39.5 Å². The molecular weight excluding hydrogens is 288 g/mol. The molecule has 1 aromatic heterocycles. The molecule has 0 spiro atoms. The van der Waals surface area contributed by atoms with E-state index in [9.17, 15) is 8.42 Å². The van der Waals surface area contributed by atoms with Crippen molar-refractivity contribution in [1.82, 2.24) is 19.8 Å². The van der Waals surface area contributed by atoms with Crippen molar-refractivity contribution in [2.75, 3.05) is 13.1 Å². The first-order valence-electron chi connectivity index (χ1n) is 7.82. The molecule has 2 N–H and O–H groups in total. The molecule has 0 bridgehead atoms. The molecule has 7 heteroatoms. The van der Waals surface area contributed by atoms with Gasteiger partial charge in [-0.15, -0.1) is 0 Å². The van der Waals surface area contributed by atoms with Gasteiger partial charge in [0.2, 0.25) is 10.0 Å². The van der Waals surface area contributed by atoms with Gasteiger partial charge in [-0.1, -0.05) is 20.3 Å². The Morgan fingerprint density at radius 3 is 2.86 bits per heavy atom. The Morgan fingerprint density at radius 1 is 1.33 bits per heavy atom. The molecule has 1 fully saturated rings. The molecule has 0 aromatic carbocycles. The molecular formula is C14H26N4O2S. The minimum atomic E-state index is -3.42. The second-order valence-corrected chi connectivity index (χ2v) is 7.42. The zero-order valence-corrected chi connectivity index (χ0v) is 13.7. The Morgan fingerprint density at radius 2 is 2.14 bits per heavy atom. The van der Waals surface area contributed by atoms with E-state index >= 15 is 0 Å². The van der Waals surface area contributed by atoms with Crippen molar-refractivity contribution in [2.45, 2.75) is 57.0 Å². The van der Waals surface area contributed by atoms with Crippen LogP contribution in [-0.4, -0.2) is 37.3 Å². The van der Waals surface area contributed by atoms with Gasteiger partial charge >= 0.3 is 0 Å². The molecule has 21 heavy (non-hydrogen) atoms. The lowest BCUT2D eigenvalue weighted by Gasteiger charge is -2.04. The molecule has 6 nitrogen and oxygen atoms in total. The van der Waals surface area contributed by atoms with E-state index in [1.807, 2.05) is 0 Å². The molecule has 0 saturated heterocycles. The SMILES string of the molecule is CCCNCCn1cc(S(=O)(=O)NC2CC2CCC)cn1. The summed E-state index contributed by atoms with van der Waals surface area (Å²) >= 11 is 0. The third-order valence-corrected chi connectivity index (χ3v) is 5.20. The molecule has 1 aliphatic carbocycles. The van der Waals surface area contributed by atoms with Gasteiger partial charge in [-0.3, -0.25) is 4.68 Å². The van der Waals surface area contributed by atoms with Gasteiger partial charge in [0.1, 0.15) is 4.90 Å². The van der Waals surface area contributed by atoms with Gasteiger partial charge in [0.05, 0.1) is 12.7 Å². The zero-order valence-electron chi connectivity index (χ0n) is 12.9. The summed E-state index contributed by atoms with van der Waals surface area (Å²) in [6.45, 7) is 6.68. The highest BCUT2D eigenvalue weighted by Crippen LogP contribution is 2.35. The minimum absolute atomic E-state index is 0.115. The quantitative estimate of drug-likeness (QED) is 0.639. The van der Waals surface area contributed by atoms with Gasteiger partial charge in [0, 0.05) is 18.8 Å². The summed E-state index contributed by atoms with van der Waals surface area (Å²) in [6, 6.07) is 0.115. The standard InChI is InChI=1S/C14H26N4O2S/c1-3-5-12-9-14(12)17-21(19,20)13-10-16-18(11-13)8-7-15-6-4-2/h10-12,14-15,17H,3-9H2,1-2H3. The Bertz CT molecular complexity index is 541. The molecule has 1 heterocycles. The maximum absolute atomic E-state index is 12.2. The number of nitrogens with one attached hydrogen (secondary N) is 2. The summed E-state index contributed by atoms with van der Waals surface area (Å²) in [7, 11) is -3.42. The van der Waals surface area contributed by atoms with E-state index in [0.29, 0.717) is 12.5 Å². The first kappa shape index (κ1) is 16.5. The van der Waals surface area contributed by atoms with Crippen molar-refractivity contribution in [1.29, 1.82) is 0 Å². The topological polar surface area (TPSA) is 76.0 Å². The highest BCUT2D eigenvalue weighted by molar-refractivity contribution is 7.89. The van der Waals surface area contributed by atoms with E-state index in [1.54, 1.807) is 10.9 Å². The lowest BCUT2D eigenvalue weighted by Crippen LogP contribution is -2.27. The highest BCUT2D eigenvalue weighted by atomic mass is 32.2. The number of hydrogen-bond acceptors (Lipinski definition) is 4.